The van der Waals surface area contributed by atoms with Crippen LogP contribution in [0.25, 0.3) is 21.9 Å². The summed E-state index contributed by atoms with van der Waals surface area (Å²) in [5.41, 5.74) is 2.06. The van der Waals surface area contributed by atoms with Crippen molar-refractivity contribution in [1.29, 1.82) is 0 Å². The van der Waals surface area contributed by atoms with Crippen LogP contribution in [0.4, 0.5) is 5.69 Å². The van der Waals surface area contributed by atoms with Crippen molar-refractivity contribution >= 4 is 33.5 Å². The minimum atomic E-state index is -0.244. The summed E-state index contributed by atoms with van der Waals surface area (Å²) in [6.07, 6.45) is 0. The molecule has 0 aliphatic rings. The summed E-state index contributed by atoms with van der Waals surface area (Å²) in [6, 6.07) is 11.4. The van der Waals surface area contributed by atoms with E-state index < -0.39 is 0 Å². The van der Waals surface area contributed by atoms with Gasteiger partial charge in [0.05, 0.1) is 12.8 Å². The van der Waals surface area contributed by atoms with Crippen molar-refractivity contribution in [2.75, 3.05) is 26.1 Å². The molecule has 0 saturated heterocycles. The average molecular weight is 285 g/mol. The van der Waals surface area contributed by atoms with Gasteiger partial charge >= 0.3 is 0 Å². The lowest BCUT2D eigenvalue weighted by Crippen LogP contribution is -2.17. The van der Waals surface area contributed by atoms with Gasteiger partial charge in [0.1, 0.15) is 23.5 Å². The SMILES string of the molecule is COCC(=O)Nc1cc2oc3ccccc3c2cc1OC. The van der Waals surface area contributed by atoms with Crippen molar-refractivity contribution in [2.24, 2.45) is 0 Å². The number of carbonyl (C=O) groups excluding carboxylic acids is 1. The highest BCUT2D eigenvalue weighted by molar-refractivity contribution is 6.07. The molecule has 1 aromatic heterocycles. The summed E-state index contributed by atoms with van der Waals surface area (Å²) in [5.74, 6) is 0.338. The Morgan fingerprint density at radius 3 is 2.71 bits per heavy atom. The first-order chi connectivity index (χ1) is 10.2. The van der Waals surface area contributed by atoms with Gasteiger partial charge < -0.3 is 19.2 Å². The van der Waals surface area contributed by atoms with Crippen molar-refractivity contribution in [2.45, 2.75) is 0 Å². The summed E-state index contributed by atoms with van der Waals surface area (Å²) in [6.45, 7) is -0.0126. The molecule has 0 aliphatic carbocycles. The number of hydrogen-bond acceptors (Lipinski definition) is 4. The predicted molar refractivity (Wildman–Crippen MR) is 80.8 cm³/mol. The number of anilines is 1. The topological polar surface area (TPSA) is 60.7 Å². The maximum atomic E-state index is 11.7. The molecule has 0 unspecified atom stereocenters. The second kappa shape index (κ2) is 5.46. The van der Waals surface area contributed by atoms with Crippen molar-refractivity contribution in [1.82, 2.24) is 0 Å². The molecule has 0 atom stereocenters. The van der Waals surface area contributed by atoms with E-state index in [9.17, 15) is 4.79 Å². The first-order valence-corrected chi connectivity index (χ1v) is 6.51. The molecular weight excluding hydrogens is 270 g/mol. The lowest BCUT2D eigenvalue weighted by Gasteiger charge is -2.09. The second-order valence-corrected chi connectivity index (χ2v) is 4.63. The maximum Gasteiger partial charge on any atom is 0.250 e. The molecule has 3 aromatic rings. The van der Waals surface area contributed by atoms with Crippen LogP contribution in [0.5, 0.6) is 5.75 Å². The van der Waals surface area contributed by atoms with Crippen molar-refractivity contribution in [3.63, 3.8) is 0 Å². The summed E-state index contributed by atoms with van der Waals surface area (Å²) >= 11 is 0. The zero-order chi connectivity index (χ0) is 14.8. The molecule has 3 rings (SSSR count). The monoisotopic (exact) mass is 285 g/mol. The molecular formula is C16H15NO4. The van der Waals surface area contributed by atoms with Gasteiger partial charge in [-0.15, -0.1) is 0 Å². The summed E-state index contributed by atoms with van der Waals surface area (Å²) < 4.78 is 16.0. The van der Waals surface area contributed by atoms with Gasteiger partial charge in [-0.25, -0.2) is 0 Å². The number of methoxy groups -OCH3 is 2. The van der Waals surface area contributed by atoms with Gasteiger partial charge in [0.2, 0.25) is 5.91 Å². The normalized spacial score (nSPS) is 11.0. The van der Waals surface area contributed by atoms with Crippen LogP contribution in [0.3, 0.4) is 0 Å². The Hall–Kier alpha value is -2.53. The van der Waals surface area contributed by atoms with Crippen LogP contribution < -0.4 is 10.1 Å². The molecule has 5 nitrogen and oxygen atoms in total. The minimum absolute atomic E-state index is 0.0126. The standard InChI is InChI=1S/C16H15NO4/c1-19-9-16(18)17-12-8-14-11(7-15(12)20-2)10-5-3-4-6-13(10)21-14/h3-8H,9H2,1-2H3,(H,17,18). The van der Waals surface area contributed by atoms with E-state index in [0.717, 1.165) is 16.4 Å². The van der Waals surface area contributed by atoms with Crippen LogP contribution in [-0.4, -0.2) is 26.7 Å². The summed E-state index contributed by atoms with van der Waals surface area (Å²) in [5, 5.41) is 4.72. The fourth-order valence-corrected chi connectivity index (χ4v) is 2.34. The number of benzene rings is 2. The number of carbonyl (C=O) groups is 1. The molecule has 5 heteroatoms. The molecule has 1 N–H and O–H groups in total. The highest BCUT2D eigenvalue weighted by Gasteiger charge is 2.13. The Morgan fingerprint density at radius 1 is 1.14 bits per heavy atom. The third-order valence-corrected chi connectivity index (χ3v) is 3.25. The van der Waals surface area contributed by atoms with Crippen LogP contribution in [0.15, 0.2) is 40.8 Å². The molecule has 108 valence electrons. The molecule has 0 spiro atoms. The molecule has 0 bridgehead atoms. The van der Waals surface area contributed by atoms with Crippen LogP contribution in [0.2, 0.25) is 0 Å². The first-order valence-electron chi connectivity index (χ1n) is 6.51. The number of nitrogens with one attached hydrogen (secondary N) is 1. The van der Waals surface area contributed by atoms with Gasteiger partial charge in [0, 0.05) is 23.9 Å². The average Bonchev–Trinajstić information content (AvgIpc) is 2.84. The Morgan fingerprint density at radius 2 is 1.95 bits per heavy atom. The fraction of sp³-hybridized carbons (Fsp3) is 0.188. The van der Waals surface area contributed by atoms with E-state index in [1.54, 1.807) is 13.2 Å². The first kappa shape index (κ1) is 13.5. The maximum absolute atomic E-state index is 11.7. The van der Waals surface area contributed by atoms with Crippen molar-refractivity contribution in [3.05, 3.63) is 36.4 Å². The molecule has 0 aliphatic heterocycles. The van der Waals surface area contributed by atoms with Gasteiger partial charge in [-0.1, -0.05) is 18.2 Å². The largest absolute Gasteiger partial charge is 0.495 e. The Kier molecular flexibility index (Phi) is 3.50. The van der Waals surface area contributed by atoms with E-state index in [4.69, 9.17) is 13.9 Å². The molecule has 1 amide bonds. The number of rotatable bonds is 4. The predicted octanol–water partition coefficient (Wildman–Crippen LogP) is 3.18. The van der Waals surface area contributed by atoms with E-state index in [-0.39, 0.29) is 12.5 Å². The van der Waals surface area contributed by atoms with E-state index >= 15 is 0 Å². The van der Waals surface area contributed by atoms with E-state index in [0.29, 0.717) is 17.0 Å². The highest BCUT2D eigenvalue weighted by Crippen LogP contribution is 2.36. The molecule has 21 heavy (non-hydrogen) atoms. The van der Waals surface area contributed by atoms with Gasteiger partial charge in [0.25, 0.3) is 0 Å². The Bertz CT molecular complexity index is 806. The van der Waals surface area contributed by atoms with Gasteiger partial charge in [0.15, 0.2) is 0 Å². The third kappa shape index (κ3) is 2.43. The smallest absolute Gasteiger partial charge is 0.250 e. The number of para-hydroxylation sites is 1. The molecule has 2 aromatic carbocycles. The molecule has 0 saturated carbocycles. The summed E-state index contributed by atoms with van der Waals surface area (Å²) in [4.78, 5) is 11.7. The molecule has 0 radical (unpaired) electrons. The van der Waals surface area contributed by atoms with Gasteiger partial charge in [-0.3, -0.25) is 4.79 Å². The van der Waals surface area contributed by atoms with Crippen LogP contribution in [0.1, 0.15) is 0 Å². The fourth-order valence-electron chi connectivity index (χ4n) is 2.34. The lowest BCUT2D eigenvalue weighted by molar-refractivity contribution is -0.119. The van der Waals surface area contributed by atoms with Crippen molar-refractivity contribution < 1.29 is 18.7 Å². The third-order valence-electron chi connectivity index (χ3n) is 3.25. The van der Waals surface area contributed by atoms with E-state index in [1.807, 2.05) is 30.3 Å². The van der Waals surface area contributed by atoms with Crippen LogP contribution in [-0.2, 0) is 9.53 Å². The van der Waals surface area contributed by atoms with Gasteiger partial charge in [-0.2, -0.15) is 0 Å². The van der Waals surface area contributed by atoms with Crippen LogP contribution >= 0.6 is 0 Å². The molecule has 0 fully saturated rings. The number of amides is 1. The highest BCUT2D eigenvalue weighted by atomic mass is 16.5. The summed E-state index contributed by atoms with van der Waals surface area (Å²) in [7, 11) is 3.04. The van der Waals surface area contributed by atoms with Crippen LogP contribution in [0, 0.1) is 0 Å². The number of fused-ring (bicyclic) bond motifs is 3. The van der Waals surface area contributed by atoms with E-state index in [2.05, 4.69) is 5.32 Å². The number of furan rings is 1. The van der Waals surface area contributed by atoms with Crippen molar-refractivity contribution in [3.8, 4) is 5.75 Å². The zero-order valence-corrected chi connectivity index (χ0v) is 11.8. The lowest BCUT2D eigenvalue weighted by atomic mass is 10.1. The number of ether oxygens (including phenoxy) is 2. The Labute approximate surface area is 121 Å². The molecule has 1 heterocycles. The van der Waals surface area contributed by atoms with Gasteiger partial charge in [-0.05, 0) is 12.1 Å². The zero-order valence-electron chi connectivity index (χ0n) is 11.8. The minimum Gasteiger partial charge on any atom is -0.495 e. The second-order valence-electron chi connectivity index (χ2n) is 4.63. The Balaban J connectivity index is 2.12. The quantitative estimate of drug-likeness (QED) is 0.799. The van der Waals surface area contributed by atoms with E-state index in [1.165, 1.54) is 7.11 Å². The number of hydrogen-bond donors (Lipinski definition) is 1.